The Balaban J connectivity index is 2.36. The normalized spacial score (nSPS) is 11.6. The number of hydrogen-bond donors (Lipinski definition) is 3. The van der Waals surface area contributed by atoms with Crippen LogP contribution in [0.15, 0.2) is 24.3 Å². The number of likely N-dealkylation sites (N-methyl/N-ethyl adjacent to an activating group) is 2. The zero-order valence-electron chi connectivity index (χ0n) is 14.3. The van der Waals surface area contributed by atoms with E-state index in [0.29, 0.717) is 32.6 Å². The summed E-state index contributed by atoms with van der Waals surface area (Å²) < 4.78 is 5.29. The lowest BCUT2D eigenvalue weighted by Gasteiger charge is -2.16. The van der Waals surface area contributed by atoms with Crippen LogP contribution in [0.2, 0.25) is 0 Å². The highest BCUT2D eigenvalue weighted by atomic mass is 16.5. The Labute approximate surface area is 138 Å². The Morgan fingerprint density at radius 1 is 1.09 bits per heavy atom. The van der Waals surface area contributed by atoms with Crippen molar-refractivity contribution in [2.24, 2.45) is 0 Å². The molecule has 23 heavy (non-hydrogen) atoms. The lowest BCUT2D eigenvalue weighted by Crippen LogP contribution is -3.14. The highest BCUT2D eigenvalue weighted by molar-refractivity contribution is 5.78. The lowest BCUT2D eigenvalue weighted by atomic mass is 10.1. The van der Waals surface area contributed by atoms with Crippen LogP contribution in [-0.2, 0) is 16.0 Å². The molecule has 0 spiro atoms. The molecule has 6 heteroatoms. The second-order valence-electron chi connectivity index (χ2n) is 5.32. The van der Waals surface area contributed by atoms with E-state index in [2.05, 4.69) is 10.6 Å². The molecule has 0 aliphatic carbocycles. The minimum absolute atomic E-state index is 0.0221. The van der Waals surface area contributed by atoms with Crippen molar-refractivity contribution < 1.29 is 19.2 Å². The maximum atomic E-state index is 12.0. The summed E-state index contributed by atoms with van der Waals surface area (Å²) in [7, 11) is 1.64. The van der Waals surface area contributed by atoms with E-state index in [4.69, 9.17) is 4.74 Å². The van der Waals surface area contributed by atoms with Gasteiger partial charge in [0.2, 0.25) is 0 Å². The summed E-state index contributed by atoms with van der Waals surface area (Å²) in [5.41, 5.74) is 1.07. The fraction of sp³-hybridized carbons (Fsp3) is 0.529. The first-order valence-corrected chi connectivity index (χ1v) is 8.09. The van der Waals surface area contributed by atoms with Crippen molar-refractivity contribution in [1.82, 2.24) is 10.6 Å². The number of carbonyl (C=O) groups excluding carboxylic acids is 2. The Kier molecular flexibility index (Phi) is 8.75. The molecule has 2 amide bonds. The largest absolute Gasteiger partial charge is 0.496 e. The van der Waals surface area contributed by atoms with Crippen molar-refractivity contribution in [3.8, 4) is 5.75 Å². The average Bonchev–Trinajstić information content (AvgIpc) is 2.54. The number of ether oxygens (including phenoxy) is 1. The van der Waals surface area contributed by atoms with Crippen LogP contribution in [0.1, 0.15) is 19.4 Å². The van der Waals surface area contributed by atoms with Gasteiger partial charge in [0.1, 0.15) is 5.75 Å². The van der Waals surface area contributed by atoms with Crippen LogP contribution in [0.3, 0.4) is 0 Å². The van der Waals surface area contributed by atoms with Crippen LogP contribution in [0.5, 0.6) is 5.75 Å². The summed E-state index contributed by atoms with van der Waals surface area (Å²) in [5.74, 6) is 0.769. The Morgan fingerprint density at radius 3 is 2.35 bits per heavy atom. The average molecular weight is 322 g/mol. The molecule has 0 aliphatic rings. The first kappa shape index (κ1) is 19.0. The summed E-state index contributed by atoms with van der Waals surface area (Å²) in [6.45, 7) is 6.38. The quantitative estimate of drug-likeness (QED) is 0.538. The van der Waals surface area contributed by atoms with E-state index in [-0.39, 0.29) is 11.8 Å². The maximum absolute atomic E-state index is 12.0. The van der Waals surface area contributed by atoms with E-state index in [0.717, 1.165) is 22.8 Å². The van der Waals surface area contributed by atoms with Crippen LogP contribution in [-0.4, -0.2) is 51.6 Å². The molecular weight excluding hydrogens is 294 g/mol. The van der Waals surface area contributed by atoms with Crippen LogP contribution in [0.4, 0.5) is 0 Å². The summed E-state index contributed by atoms with van der Waals surface area (Å²) in [6, 6.07) is 7.77. The number of nitrogens with one attached hydrogen (secondary N) is 3. The van der Waals surface area contributed by atoms with E-state index in [1.807, 2.05) is 38.1 Å². The van der Waals surface area contributed by atoms with Crippen molar-refractivity contribution in [3.63, 3.8) is 0 Å². The maximum Gasteiger partial charge on any atom is 0.275 e. The second kappa shape index (κ2) is 10.6. The zero-order chi connectivity index (χ0) is 17.1. The molecule has 0 bridgehead atoms. The predicted octanol–water partition coefficient (Wildman–Crippen LogP) is -0.605. The first-order valence-electron chi connectivity index (χ1n) is 8.09. The monoisotopic (exact) mass is 322 g/mol. The standard InChI is InChI=1S/C17H27N3O3/c1-4-18-16(21)12-20(5-2)13-17(22)19-11-10-14-8-6-7-9-15(14)23-3/h6-9H,4-5,10-13H2,1-3H3,(H,18,21)(H,19,22)/p+1. The fourth-order valence-corrected chi connectivity index (χ4v) is 2.33. The van der Waals surface area contributed by atoms with Crippen molar-refractivity contribution in [1.29, 1.82) is 0 Å². The van der Waals surface area contributed by atoms with E-state index in [1.54, 1.807) is 7.11 Å². The topological polar surface area (TPSA) is 71.9 Å². The fourth-order valence-electron chi connectivity index (χ4n) is 2.33. The second-order valence-corrected chi connectivity index (χ2v) is 5.32. The number of rotatable bonds is 10. The minimum atomic E-state index is -0.0407. The number of quaternary nitrogens is 1. The van der Waals surface area contributed by atoms with Crippen LogP contribution in [0.25, 0.3) is 0 Å². The molecular formula is C17H28N3O3+. The zero-order valence-corrected chi connectivity index (χ0v) is 14.3. The van der Waals surface area contributed by atoms with E-state index < -0.39 is 0 Å². The van der Waals surface area contributed by atoms with Crippen molar-refractivity contribution in [3.05, 3.63) is 29.8 Å². The van der Waals surface area contributed by atoms with Gasteiger partial charge in [0.15, 0.2) is 13.1 Å². The Bertz CT molecular complexity index is 506. The molecule has 1 aromatic carbocycles. The van der Waals surface area contributed by atoms with Gasteiger partial charge in [0.25, 0.3) is 11.8 Å². The molecule has 0 aliphatic heterocycles. The lowest BCUT2D eigenvalue weighted by molar-refractivity contribution is -0.881. The molecule has 0 saturated heterocycles. The van der Waals surface area contributed by atoms with Gasteiger partial charge in [-0.05, 0) is 31.9 Å². The summed E-state index contributed by atoms with van der Waals surface area (Å²) in [4.78, 5) is 24.5. The molecule has 0 heterocycles. The van der Waals surface area contributed by atoms with Crippen LogP contribution < -0.4 is 20.3 Å². The summed E-state index contributed by atoms with van der Waals surface area (Å²) >= 11 is 0. The van der Waals surface area contributed by atoms with Gasteiger partial charge >= 0.3 is 0 Å². The molecule has 0 aromatic heterocycles. The molecule has 0 saturated carbocycles. The number of para-hydroxylation sites is 1. The van der Waals surface area contributed by atoms with Gasteiger partial charge in [0.05, 0.1) is 13.7 Å². The van der Waals surface area contributed by atoms with Crippen LogP contribution >= 0.6 is 0 Å². The van der Waals surface area contributed by atoms with Gasteiger partial charge in [0, 0.05) is 13.1 Å². The van der Waals surface area contributed by atoms with Gasteiger partial charge in [-0.3, -0.25) is 9.59 Å². The van der Waals surface area contributed by atoms with Crippen molar-refractivity contribution in [2.75, 3.05) is 39.8 Å². The summed E-state index contributed by atoms with van der Waals surface area (Å²) in [6.07, 6.45) is 0.716. The number of hydrogen-bond acceptors (Lipinski definition) is 3. The first-order chi connectivity index (χ1) is 11.1. The predicted molar refractivity (Wildman–Crippen MR) is 89.6 cm³/mol. The molecule has 1 unspecified atom stereocenters. The van der Waals surface area contributed by atoms with Gasteiger partial charge < -0.3 is 20.3 Å². The van der Waals surface area contributed by atoms with Gasteiger partial charge in [-0.25, -0.2) is 0 Å². The molecule has 128 valence electrons. The van der Waals surface area contributed by atoms with Gasteiger partial charge in [-0.1, -0.05) is 18.2 Å². The SMILES string of the molecule is CCNC(=O)C[NH+](CC)CC(=O)NCCc1ccccc1OC. The van der Waals surface area contributed by atoms with E-state index in [9.17, 15) is 9.59 Å². The number of methoxy groups -OCH3 is 1. The molecule has 6 nitrogen and oxygen atoms in total. The summed E-state index contributed by atoms with van der Waals surface area (Å²) in [5, 5.41) is 5.66. The van der Waals surface area contributed by atoms with Gasteiger partial charge in [-0.2, -0.15) is 0 Å². The van der Waals surface area contributed by atoms with Crippen molar-refractivity contribution >= 4 is 11.8 Å². The third-order valence-corrected chi connectivity index (χ3v) is 3.60. The van der Waals surface area contributed by atoms with Gasteiger partial charge in [-0.15, -0.1) is 0 Å². The number of carbonyl (C=O) groups is 2. The highest BCUT2D eigenvalue weighted by Crippen LogP contribution is 2.16. The van der Waals surface area contributed by atoms with E-state index in [1.165, 1.54) is 0 Å². The molecule has 1 rings (SSSR count). The van der Waals surface area contributed by atoms with Crippen molar-refractivity contribution in [2.45, 2.75) is 20.3 Å². The molecule has 0 fully saturated rings. The Hall–Kier alpha value is -2.08. The smallest absolute Gasteiger partial charge is 0.275 e. The molecule has 1 aromatic rings. The minimum Gasteiger partial charge on any atom is -0.496 e. The highest BCUT2D eigenvalue weighted by Gasteiger charge is 2.15. The molecule has 1 atom stereocenters. The number of amides is 2. The molecule has 3 N–H and O–H groups in total. The number of benzene rings is 1. The van der Waals surface area contributed by atoms with E-state index >= 15 is 0 Å². The van der Waals surface area contributed by atoms with Crippen LogP contribution in [0, 0.1) is 0 Å². The third kappa shape index (κ3) is 7.15. The Morgan fingerprint density at radius 2 is 1.74 bits per heavy atom. The molecule has 0 radical (unpaired) electrons. The third-order valence-electron chi connectivity index (χ3n) is 3.60.